The van der Waals surface area contributed by atoms with Gasteiger partial charge in [0.05, 0.1) is 5.37 Å². The highest BCUT2D eigenvalue weighted by Crippen LogP contribution is 2.36. The minimum Gasteiger partial charge on any atom is -0.480 e. The van der Waals surface area contributed by atoms with Gasteiger partial charge in [0.25, 0.3) is 0 Å². The number of thioether (sulfide) groups is 1. The molecule has 3 nitrogen and oxygen atoms in total. The van der Waals surface area contributed by atoms with E-state index in [1.54, 1.807) is 6.07 Å². The fraction of sp³-hybridized carbons (Fsp3) is 0.300. The largest absolute Gasteiger partial charge is 0.480 e. The zero-order chi connectivity index (χ0) is 11.7. The molecule has 1 aliphatic rings. The molecule has 1 aromatic carbocycles. The predicted molar refractivity (Wildman–Crippen MR) is 63.9 cm³/mol. The van der Waals surface area contributed by atoms with Crippen LogP contribution in [0.2, 0.25) is 0 Å². The first-order valence-electron chi connectivity index (χ1n) is 4.63. The van der Waals surface area contributed by atoms with Gasteiger partial charge < -0.3 is 5.11 Å². The van der Waals surface area contributed by atoms with Crippen LogP contribution in [0, 0.1) is 5.82 Å². The summed E-state index contributed by atoms with van der Waals surface area (Å²) in [5, 5.41) is 11.7. The third kappa shape index (κ3) is 2.39. The number of rotatable bonds is 2. The lowest BCUT2D eigenvalue weighted by atomic mass is 10.2. The van der Waals surface area contributed by atoms with Crippen molar-refractivity contribution < 1.29 is 14.3 Å². The van der Waals surface area contributed by atoms with Crippen LogP contribution in [0.5, 0.6) is 0 Å². The summed E-state index contributed by atoms with van der Waals surface area (Å²) in [5.41, 5.74) is 0.871. The van der Waals surface area contributed by atoms with Crippen molar-refractivity contribution in [2.45, 2.75) is 11.4 Å². The molecule has 2 unspecified atom stereocenters. The van der Waals surface area contributed by atoms with Crippen LogP contribution in [0.1, 0.15) is 10.9 Å². The summed E-state index contributed by atoms with van der Waals surface area (Å²) in [4.78, 5) is 10.8. The molecule has 0 aliphatic carbocycles. The van der Waals surface area contributed by atoms with Gasteiger partial charge in [-0.3, -0.25) is 10.1 Å². The molecule has 16 heavy (non-hydrogen) atoms. The monoisotopic (exact) mass is 305 g/mol. The summed E-state index contributed by atoms with van der Waals surface area (Å²) in [5.74, 6) is -0.647. The van der Waals surface area contributed by atoms with E-state index in [0.717, 1.165) is 5.56 Å². The molecular formula is C10H9BrFNO2S. The molecule has 0 radical (unpaired) electrons. The molecule has 1 heterocycles. The SMILES string of the molecule is O=C(O)C1CSC(c2ccc(F)cc2Br)N1. The number of carboxylic acid groups (broad SMARTS) is 1. The van der Waals surface area contributed by atoms with Crippen molar-refractivity contribution in [2.75, 3.05) is 5.75 Å². The van der Waals surface area contributed by atoms with Gasteiger partial charge >= 0.3 is 5.97 Å². The van der Waals surface area contributed by atoms with E-state index in [1.165, 1.54) is 23.9 Å². The summed E-state index contributed by atoms with van der Waals surface area (Å²) in [6, 6.07) is 3.88. The summed E-state index contributed by atoms with van der Waals surface area (Å²) in [7, 11) is 0. The Hall–Kier alpha value is -0.590. The Morgan fingerprint density at radius 3 is 2.94 bits per heavy atom. The molecule has 1 saturated heterocycles. The third-order valence-electron chi connectivity index (χ3n) is 2.33. The highest BCUT2D eigenvalue weighted by Gasteiger charge is 2.31. The molecule has 0 spiro atoms. The van der Waals surface area contributed by atoms with Crippen molar-refractivity contribution in [1.82, 2.24) is 5.32 Å². The van der Waals surface area contributed by atoms with Crippen LogP contribution in [-0.4, -0.2) is 22.9 Å². The Kier molecular flexibility index (Phi) is 3.51. The molecule has 6 heteroatoms. The van der Waals surface area contributed by atoms with Crippen LogP contribution in [0.25, 0.3) is 0 Å². The van der Waals surface area contributed by atoms with Gasteiger partial charge in [0, 0.05) is 10.2 Å². The van der Waals surface area contributed by atoms with Gasteiger partial charge in [0.1, 0.15) is 11.9 Å². The quantitative estimate of drug-likeness (QED) is 0.881. The maximum absolute atomic E-state index is 12.9. The number of hydrogen-bond acceptors (Lipinski definition) is 3. The second kappa shape index (κ2) is 4.73. The Balaban J connectivity index is 2.17. The van der Waals surface area contributed by atoms with E-state index in [0.29, 0.717) is 10.2 Å². The van der Waals surface area contributed by atoms with Crippen molar-refractivity contribution in [3.8, 4) is 0 Å². The predicted octanol–water partition coefficient (Wildman–Crippen LogP) is 2.38. The Bertz CT molecular complexity index is 429. The van der Waals surface area contributed by atoms with Crippen LogP contribution in [0.15, 0.2) is 22.7 Å². The first-order chi connectivity index (χ1) is 7.58. The van der Waals surface area contributed by atoms with E-state index in [9.17, 15) is 9.18 Å². The van der Waals surface area contributed by atoms with Crippen molar-refractivity contribution in [1.29, 1.82) is 0 Å². The number of halogens is 2. The number of carboxylic acids is 1. The van der Waals surface area contributed by atoms with Crippen molar-refractivity contribution >= 4 is 33.7 Å². The molecular weight excluding hydrogens is 297 g/mol. The zero-order valence-corrected chi connectivity index (χ0v) is 10.5. The molecule has 1 aliphatic heterocycles. The summed E-state index contributed by atoms with van der Waals surface area (Å²) >= 11 is 4.78. The van der Waals surface area contributed by atoms with E-state index in [2.05, 4.69) is 21.2 Å². The Morgan fingerprint density at radius 2 is 2.38 bits per heavy atom. The van der Waals surface area contributed by atoms with Gasteiger partial charge in [0.2, 0.25) is 0 Å². The summed E-state index contributed by atoms with van der Waals surface area (Å²) < 4.78 is 13.5. The highest BCUT2D eigenvalue weighted by atomic mass is 79.9. The molecule has 0 saturated carbocycles. The fourth-order valence-electron chi connectivity index (χ4n) is 1.51. The molecule has 86 valence electrons. The molecule has 0 amide bonds. The van der Waals surface area contributed by atoms with Crippen LogP contribution in [-0.2, 0) is 4.79 Å². The lowest BCUT2D eigenvalue weighted by molar-refractivity contribution is -0.138. The van der Waals surface area contributed by atoms with Crippen LogP contribution in [0.3, 0.4) is 0 Å². The minimum atomic E-state index is -0.853. The van der Waals surface area contributed by atoms with Gasteiger partial charge in [0.15, 0.2) is 0 Å². The van der Waals surface area contributed by atoms with Gasteiger partial charge in [-0.15, -0.1) is 11.8 Å². The molecule has 1 aromatic rings. The maximum Gasteiger partial charge on any atom is 0.321 e. The van der Waals surface area contributed by atoms with E-state index >= 15 is 0 Å². The molecule has 2 atom stereocenters. The topological polar surface area (TPSA) is 49.3 Å². The first kappa shape index (κ1) is 11.9. The van der Waals surface area contributed by atoms with Gasteiger partial charge in [-0.25, -0.2) is 4.39 Å². The molecule has 0 aromatic heterocycles. The highest BCUT2D eigenvalue weighted by molar-refractivity contribution is 9.10. The van der Waals surface area contributed by atoms with E-state index < -0.39 is 12.0 Å². The van der Waals surface area contributed by atoms with Gasteiger partial charge in [-0.1, -0.05) is 22.0 Å². The second-order valence-corrected chi connectivity index (χ2v) is 5.43. The van der Waals surface area contributed by atoms with Gasteiger partial charge in [-0.05, 0) is 17.7 Å². The fourth-order valence-corrected chi connectivity index (χ4v) is 3.51. The van der Waals surface area contributed by atoms with E-state index in [-0.39, 0.29) is 11.2 Å². The second-order valence-electron chi connectivity index (χ2n) is 3.44. The average molecular weight is 306 g/mol. The maximum atomic E-state index is 12.9. The number of benzene rings is 1. The summed E-state index contributed by atoms with van der Waals surface area (Å²) in [6.45, 7) is 0. The summed E-state index contributed by atoms with van der Waals surface area (Å²) in [6.07, 6.45) is 0. The number of hydrogen-bond donors (Lipinski definition) is 2. The number of nitrogens with one attached hydrogen (secondary N) is 1. The van der Waals surface area contributed by atoms with Crippen LogP contribution < -0.4 is 5.32 Å². The third-order valence-corrected chi connectivity index (χ3v) is 4.26. The Morgan fingerprint density at radius 1 is 1.62 bits per heavy atom. The zero-order valence-electron chi connectivity index (χ0n) is 8.11. The smallest absolute Gasteiger partial charge is 0.321 e. The average Bonchev–Trinajstić information content (AvgIpc) is 2.66. The molecule has 2 N–H and O–H groups in total. The number of aliphatic carboxylic acids is 1. The lowest BCUT2D eigenvalue weighted by Crippen LogP contribution is -2.33. The van der Waals surface area contributed by atoms with Crippen molar-refractivity contribution in [3.63, 3.8) is 0 Å². The molecule has 0 bridgehead atoms. The van der Waals surface area contributed by atoms with E-state index in [4.69, 9.17) is 5.11 Å². The molecule has 1 fully saturated rings. The first-order valence-corrected chi connectivity index (χ1v) is 6.47. The standard InChI is InChI=1S/C10H9BrFNO2S/c11-7-3-5(12)1-2-6(7)9-13-8(4-16-9)10(14)15/h1-3,8-9,13H,4H2,(H,14,15). The van der Waals surface area contributed by atoms with Gasteiger partial charge in [-0.2, -0.15) is 0 Å². The normalized spacial score (nSPS) is 24.6. The minimum absolute atomic E-state index is 0.101. The van der Waals surface area contributed by atoms with Crippen LogP contribution in [0.4, 0.5) is 4.39 Å². The van der Waals surface area contributed by atoms with Crippen LogP contribution >= 0.6 is 27.7 Å². The van der Waals surface area contributed by atoms with Crippen molar-refractivity contribution in [3.05, 3.63) is 34.1 Å². The van der Waals surface area contributed by atoms with E-state index in [1.807, 2.05) is 0 Å². The van der Waals surface area contributed by atoms with Crippen molar-refractivity contribution in [2.24, 2.45) is 0 Å². The lowest BCUT2D eigenvalue weighted by Gasteiger charge is -2.13. The Labute approximate surface area is 105 Å². The number of carbonyl (C=O) groups is 1. The molecule has 2 rings (SSSR count).